The number of guanidine groups is 1. The van der Waals surface area contributed by atoms with Gasteiger partial charge in [-0.25, -0.2) is 4.79 Å². The lowest BCUT2D eigenvalue weighted by molar-refractivity contribution is -0.134. The number of hydrogen-bond acceptors (Lipinski definition) is 4. The van der Waals surface area contributed by atoms with Crippen molar-refractivity contribution >= 4 is 41.9 Å². The molecule has 180 valence electrons. The second-order valence-corrected chi connectivity index (χ2v) is 9.85. The van der Waals surface area contributed by atoms with Crippen molar-refractivity contribution in [3.63, 3.8) is 0 Å². The van der Waals surface area contributed by atoms with Crippen molar-refractivity contribution in [1.29, 1.82) is 0 Å². The summed E-state index contributed by atoms with van der Waals surface area (Å²) in [4.78, 5) is 31.1. The zero-order chi connectivity index (χ0) is 22.3. The average molecular weight is 552 g/mol. The third kappa shape index (κ3) is 9.41. The number of nitrogens with one attached hydrogen (secondary N) is 3. The minimum atomic E-state index is -0.527. The maximum absolute atomic E-state index is 12.6. The molecular formula is C22H42IN5O3. The molecule has 1 aliphatic heterocycles. The van der Waals surface area contributed by atoms with E-state index in [0.717, 1.165) is 32.4 Å². The number of rotatable bonds is 6. The highest BCUT2D eigenvalue weighted by molar-refractivity contribution is 14.0. The summed E-state index contributed by atoms with van der Waals surface area (Å²) in [6.45, 7) is 11.7. The normalized spacial score (nSPS) is 20.9. The Hall–Kier alpha value is -1.26. The van der Waals surface area contributed by atoms with Crippen LogP contribution in [0, 0.1) is 11.8 Å². The van der Waals surface area contributed by atoms with Gasteiger partial charge in [0.2, 0.25) is 5.91 Å². The van der Waals surface area contributed by atoms with Gasteiger partial charge >= 0.3 is 6.09 Å². The SMILES string of the molecule is CN=C(NCC(NC(=O)OC(C)(C)C)C(C)C)NC1CCN(C(=O)C2CCCC2)C1.I. The highest BCUT2D eigenvalue weighted by Crippen LogP contribution is 2.27. The molecule has 2 amide bonds. The first-order valence-corrected chi connectivity index (χ1v) is 11.3. The third-order valence-corrected chi connectivity index (χ3v) is 5.77. The molecule has 0 aromatic carbocycles. The number of amides is 2. The second-order valence-electron chi connectivity index (χ2n) is 9.85. The fourth-order valence-electron chi connectivity index (χ4n) is 4.02. The summed E-state index contributed by atoms with van der Waals surface area (Å²) in [6.07, 6.45) is 4.94. The Balaban J connectivity index is 0.00000480. The molecule has 2 aliphatic rings. The first kappa shape index (κ1) is 27.8. The topological polar surface area (TPSA) is 95.1 Å². The van der Waals surface area contributed by atoms with Gasteiger partial charge in [0.15, 0.2) is 5.96 Å². The molecule has 0 radical (unpaired) electrons. The van der Waals surface area contributed by atoms with E-state index in [2.05, 4.69) is 34.8 Å². The number of nitrogens with zero attached hydrogens (tertiary/aromatic N) is 2. The van der Waals surface area contributed by atoms with Crippen LogP contribution in [0.1, 0.15) is 66.7 Å². The molecule has 0 bridgehead atoms. The van der Waals surface area contributed by atoms with E-state index in [9.17, 15) is 9.59 Å². The fraction of sp³-hybridized carbons (Fsp3) is 0.864. The zero-order valence-electron chi connectivity index (χ0n) is 20.0. The summed E-state index contributed by atoms with van der Waals surface area (Å²) in [7, 11) is 1.73. The maximum Gasteiger partial charge on any atom is 0.407 e. The molecule has 0 aromatic rings. The van der Waals surface area contributed by atoms with Gasteiger partial charge in [-0.05, 0) is 46.0 Å². The van der Waals surface area contributed by atoms with Gasteiger partial charge in [0.25, 0.3) is 0 Å². The van der Waals surface area contributed by atoms with Crippen molar-refractivity contribution in [1.82, 2.24) is 20.9 Å². The van der Waals surface area contributed by atoms with E-state index in [1.165, 1.54) is 12.8 Å². The predicted molar refractivity (Wildman–Crippen MR) is 135 cm³/mol. The number of halogens is 1. The molecule has 2 rings (SSSR count). The minimum absolute atomic E-state index is 0. The van der Waals surface area contributed by atoms with Crippen LogP contribution in [0.2, 0.25) is 0 Å². The number of alkyl carbamates (subject to hydrolysis) is 1. The molecule has 1 heterocycles. The Morgan fingerprint density at radius 1 is 1.16 bits per heavy atom. The first-order chi connectivity index (χ1) is 14.1. The lowest BCUT2D eigenvalue weighted by Gasteiger charge is -2.27. The van der Waals surface area contributed by atoms with E-state index >= 15 is 0 Å². The number of aliphatic imine (C=N–C) groups is 1. The Labute approximate surface area is 204 Å². The molecule has 8 nitrogen and oxygen atoms in total. The van der Waals surface area contributed by atoms with Gasteiger partial charge in [0.1, 0.15) is 5.60 Å². The Bertz CT molecular complexity index is 615. The van der Waals surface area contributed by atoms with Crippen molar-refractivity contribution in [2.75, 3.05) is 26.7 Å². The van der Waals surface area contributed by atoms with Gasteiger partial charge < -0.3 is 25.6 Å². The van der Waals surface area contributed by atoms with Gasteiger partial charge in [0.05, 0.1) is 6.04 Å². The number of ether oxygens (including phenoxy) is 1. The Morgan fingerprint density at radius 2 is 1.81 bits per heavy atom. The molecule has 2 atom stereocenters. The standard InChI is InChI=1S/C22H41N5O3.HI/c1-15(2)18(26-21(29)30-22(3,4)5)13-24-20(23-6)25-17-11-12-27(14-17)19(28)16-9-7-8-10-16;/h15-18H,7-14H2,1-6H3,(H,26,29)(H2,23,24,25);1H. The highest BCUT2D eigenvalue weighted by Gasteiger charge is 2.32. The highest BCUT2D eigenvalue weighted by atomic mass is 127. The Morgan fingerprint density at radius 3 is 2.35 bits per heavy atom. The first-order valence-electron chi connectivity index (χ1n) is 11.3. The van der Waals surface area contributed by atoms with E-state index in [4.69, 9.17) is 4.74 Å². The largest absolute Gasteiger partial charge is 0.444 e. The summed E-state index contributed by atoms with van der Waals surface area (Å²) in [6, 6.07) is 0.0975. The van der Waals surface area contributed by atoms with Gasteiger partial charge in [-0.3, -0.25) is 9.79 Å². The van der Waals surface area contributed by atoms with Gasteiger partial charge in [-0.1, -0.05) is 26.7 Å². The molecule has 1 saturated carbocycles. The van der Waals surface area contributed by atoms with Crippen molar-refractivity contribution in [2.24, 2.45) is 16.8 Å². The van der Waals surface area contributed by atoms with E-state index in [1.54, 1.807) is 7.05 Å². The van der Waals surface area contributed by atoms with Crippen molar-refractivity contribution in [3.05, 3.63) is 0 Å². The van der Waals surface area contributed by atoms with Crippen LogP contribution >= 0.6 is 24.0 Å². The van der Waals surface area contributed by atoms with E-state index in [-0.39, 0.29) is 47.9 Å². The molecule has 3 N–H and O–H groups in total. The van der Waals surface area contributed by atoms with Crippen molar-refractivity contribution in [2.45, 2.75) is 84.4 Å². The van der Waals surface area contributed by atoms with E-state index in [0.29, 0.717) is 18.4 Å². The number of carbonyl (C=O) groups excluding carboxylic acids is 2. The predicted octanol–water partition coefficient (Wildman–Crippen LogP) is 3.11. The van der Waals surface area contributed by atoms with Gasteiger partial charge in [0, 0.05) is 38.6 Å². The quantitative estimate of drug-likeness (QED) is 0.268. The maximum atomic E-state index is 12.6. The van der Waals surface area contributed by atoms with Crippen molar-refractivity contribution < 1.29 is 14.3 Å². The van der Waals surface area contributed by atoms with Crippen LogP contribution in [-0.4, -0.2) is 67.2 Å². The molecule has 0 spiro atoms. The van der Waals surface area contributed by atoms with Gasteiger partial charge in [-0.2, -0.15) is 0 Å². The van der Waals surface area contributed by atoms with Crippen molar-refractivity contribution in [3.8, 4) is 0 Å². The van der Waals surface area contributed by atoms with Crippen LogP contribution in [0.4, 0.5) is 4.79 Å². The number of likely N-dealkylation sites (tertiary alicyclic amines) is 1. The number of carbonyl (C=O) groups is 2. The van der Waals surface area contributed by atoms with Crippen LogP contribution in [0.3, 0.4) is 0 Å². The summed E-state index contributed by atoms with van der Waals surface area (Å²) in [5, 5.41) is 9.68. The monoisotopic (exact) mass is 551 g/mol. The molecule has 0 aromatic heterocycles. The van der Waals surface area contributed by atoms with Crippen LogP contribution < -0.4 is 16.0 Å². The van der Waals surface area contributed by atoms with Crippen LogP contribution in [0.5, 0.6) is 0 Å². The lowest BCUT2D eigenvalue weighted by Crippen LogP contribution is -2.52. The van der Waals surface area contributed by atoms with E-state index < -0.39 is 11.7 Å². The second kappa shape index (κ2) is 12.7. The van der Waals surface area contributed by atoms with E-state index in [1.807, 2.05) is 25.7 Å². The molecule has 1 aliphatic carbocycles. The molecular weight excluding hydrogens is 509 g/mol. The minimum Gasteiger partial charge on any atom is -0.444 e. The molecule has 1 saturated heterocycles. The summed E-state index contributed by atoms with van der Waals surface area (Å²) < 4.78 is 5.37. The molecule has 2 fully saturated rings. The number of hydrogen-bond donors (Lipinski definition) is 3. The third-order valence-electron chi connectivity index (χ3n) is 5.77. The smallest absolute Gasteiger partial charge is 0.407 e. The van der Waals surface area contributed by atoms with Gasteiger partial charge in [-0.15, -0.1) is 24.0 Å². The lowest BCUT2D eigenvalue weighted by atomic mass is 10.0. The fourth-order valence-corrected chi connectivity index (χ4v) is 4.02. The average Bonchev–Trinajstić information content (AvgIpc) is 3.33. The molecule has 2 unspecified atom stereocenters. The van der Waals surface area contributed by atoms with Crippen LogP contribution in [0.15, 0.2) is 4.99 Å². The van der Waals surface area contributed by atoms with Crippen LogP contribution in [0.25, 0.3) is 0 Å². The molecule has 9 heteroatoms. The summed E-state index contributed by atoms with van der Waals surface area (Å²) >= 11 is 0. The van der Waals surface area contributed by atoms with Crippen LogP contribution in [-0.2, 0) is 9.53 Å². The summed E-state index contributed by atoms with van der Waals surface area (Å²) in [5.41, 5.74) is -0.527. The molecule has 31 heavy (non-hydrogen) atoms. The zero-order valence-corrected chi connectivity index (χ0v) is 22.3. The Kier molecular flexibility index (Phi) is 11.4. The summed E-state index contributed by atoms with van der Waals surface area (Å²) in [5.74, 6) is 1.47.